The van der Waals surface area contributed by atoms with Gasteiger partial charge in [-0.1, -0.05) is 26.7 Å². The van der Waals surface area contributed by atoms with Crippen LogP contribution in [0.15, 0.2) is 30.5 Å². The molecular weight excluding hydrogens is 433 g/mol. The maximum atomic E-state index is 10.7. The highest BCUT2D eigenvalue weighted by atomic mass is 31.2. The van der Waals surface area contributed by atoms with E-state index in [1.807, 2.05) is 12.1 Å². The van der Waals surface area contributed by atoms with Crippen molar-refractivity contribution >= 4 is 25.5 Å². The standard InChI is InChI=1S/C14H24N2.C8H10NO6P/c1-3-5-11-16(12-6-4-2)14-9-7-13(15)8-10-14;1-5-8(11)7(3-10)6(2-9-5)4-15-16(12,13)14/h7-10H,3-6,11-12,15H2,1-2H3;2-3,11H,4H2,1H3,(H2,12,13,14). The van der Waals surface area contributed by atoms with Crippen molar-refractivity contribution in [1.29, 1.82) is 0 Å². The van der Waals surface area contributed by atoms with Crippen molar-refractivity contribution in [3.8, 4) is 5.75 Å². The van der Waals surface area contributed by atoms with Crippen LogP contribution in [0, 0.1) is 6.92 Å². The molecule has 0 fully saturated rings. The summed E-state index contributed by atoms with van der Waals surface area (Å²) in [6.45, 7) is 7.78. The van der Waals surface area contributed by atoms with Crippen molar-refractivity contribution in [2.24, 2.45) is 0 Å². The zero-order valence-electron chi connectivity index (χ0n) is 18.9. The number of anilines is 2. The van der Waals surface area contributed by atoms with E-state index < -0.39 is 14.4 Å². The van der Waals surface area contributed by atoms with Crippen molar-refractivity contribution in [3.63, 3.8) is 0 Å². The number of carbonyl (C=O) groups is 1. The highest BCUT2D eigenvalue weighted by molar-refractivity contribution is 7.46. The maximum Gasteiger partial charge on any atom is 0.469 e. The van der Waals surface area contributed by atoms with E-state index in [1.54, 1.807) is 0 Å². The number of phosphoric ester groups is 1. The minimum absolute atomic E-state index is 0.0825. The first-order chi connectivity index (χ1) is 15.1. The van der Waals surface area contributed by atoms with Crippen LogP contribution in [-0.4, -0.2) is 39.3 Å². The van der Waals surface area contributed by atoms with Gasteiger partial charge < -0.3 is 25.5 Å². The molecular formula is C22H34N3O6P. The number of aldehydes is 1. The molecule has 5 N–H and O–H groups in total. The number of carbonyl (C=O) groups excluding carboxylic acids is 1. The first-order valence-corrected chi connectivity index (χ1v) is 12.1. The molecule has 178 valence electrons. The van der Waals surface area contributed by atoms with Crippen LogP contribution in [0.5, 0.6) is 5.75 Å². The number of benzene rings is 1. The molecule has 0 aliphatic rings. The smallest absolute Gasteiger partial charge is 0.469 e. The fourth-order valence-corrected chi connectivity index (χ4v) is 3.11. The van der Waals surface area contributed by atoms with Crippen LogP contribution in [0.1, 0.15) is 61.1 Å². The number of aromatic nitrogens is 1. The largest absolute Gasteiger partial charge is 0.505 e. The number of pyridine rings is 1. The van der Waals surface area contributed by atoms with Gasteiger partial charge in [-0.2, -0.15) is 0 Å². The van der Waals surface area contributed by atoms with Gasteiger partial charge in [0.25, 0.3) is 0 Å². The van der Waals surface area contributed by atoms with E-state index in [0.717, 1.165) is 18.8 Å². The lowest BCUT2D eigenvalue weighted by Gasteiger charge is -2.24. The molecule has 0 saturated carbocycles. The number of nitrogens with two attached hydrogens (primary N) is 1. The summed E-state index contributed by atoms with van der Waals surface area (Å²) in [5, 5.41) is 9.46. The van der Waals surface area contributed by atoms with Gasteiger partial charge >= 0.3 is 7.82 Å². The number of hydrogen-bond acceptors (Lipinski definition) is 7. The summed E-state index contributed by atoms with van der Waals surface area (Å²) in [4.78, 5) is 33.9. The average molecular weight is 468 g/mol. The zero-order valence-corrected chi connectivity index (χ0v) is 19.8. The Bertz CT molecular complexity index is 878. The average Bonchev–Trinajstić information content (AvgIpc) is 2.75. The lowest BCUT2D eigenvalue weighted by molar-refractivity contribution is 0.111. The summed E-state index contributed by atoms with van der Waals surface area (Å²) in [7, 11) is -4.61. The van der Waals surface area contributed by atoms with Crippen LogP contribution >= 0.6 is 7.82 Å². The molecule has 0 radical (unpaired) electrons. The highest BCUT2D eigenvalue weighted by Crippen LogP contribution is 2.37. The van der Waals surface area contributed by atoms with Crippen LogP contribution in [0.3, 0.4) is 0 Å². The van der Waals surface area contributed by atoms with Crippen molar-refractivity contribution in [1.82, 2.24) is 4.98 Å². The van der Waals surface area contributed by atoms with E-state index in [2.05, 4.69) is 40.4 Å². The normalized spacial score (nSPS) is 10.9. The molecule has 32 heavy (non-hydrogen) atoms. The minimum Gasteiger partial charge on any atom is -0.505 e. The Morgan fingerprint density at radius 1 is 1.12 bits per heavy atom. The Morgan fingerprint density at radius 2 is 1.69 bits per heavy atom. The number of unbranched alkanes of at least 4 members (excludes halogenated alkanes) is 2. The molecule has 0 aliphatic carbocycles. The fourth-order valence-electron chi connectivity index (χ4n) is 2.81. The quantitative estimate of drug-likeness (QED) is 0.217. The van der Waals surface area contributed by atoms with E-state index in [9.17, 15) is 14.5 Å². The predicted molar refractivity (Wildman–Crippen MR) is 126 cm³/mol. The van der Waals surface area contributed by atoms with Gasteiger partial charge in [-0.15, -0.1) is 0 Å². The lowest BCUT2D eigenvalue weighted by atomic mass is 10.1. The van der Waals surface area contributed by atoms with E-state index in [4.69, 9.17) is 15.5 Å². The predicted octanol–water partition coefficient (Wildman–Crippen LogP) is 4.19. The van der Waals surface area contributed by atoms with Gasteiger partial charge in [-0.3, -0.25) is 14.3 Å². The van der Waals surface area contributed by atoms with Gasteiger partial charge in [0.15, 0.2) is 6.29 Å². The second kappa shape index (κ2) is 13.9. The molecule has 0 atom stereocenters. The molecule has 2 rings (SSSR count). The number of aryl methyl sites for hydroxylation is 1. The number of phosphoric acid groups is 1. The number of aromatic hydroxyl groups is 1. The number of rotatable bonds is 11. The summed E-state index contributed by atoms with van der Waals surface area (Å²) in [6, 6.07) is 8.22. The number of nitrogens with zero attached hydrogens (tertiary/aromatic N) is 2. The Kier molecular flexibility index (Phi) is 11.9. The Labute approximate surface area is 189 Å². The van der Waals surface area contributed by atoms with Gasteiger partial charge in [-0.05, 0) is 44.0 Å². The molecule has 0 unspecified atom stereocenters. The van der Waals surface area contributed by atoms with Crippen molar-refractivity contribution in [3.05, 3.63) is 47.3 Å². The molecule has 10 heteroatoms. The van der Waals surface area contributed by atoms with E-state index in [1.165, 1.54) is 44.5 Å². The summed E-state index contributed by atoms with van der Waals surface area (Å²) in [5.74, 6) is -0.318. The monoisotopic (exact) mass is 467 g/mol. The fraction of sp³-hybridized carbons (Fsp3) is 0.455. The molecule has 0 bridgehead atoms. The summed E-state index contributed by atoms with van der Waals surface area (Å²) in [6.07, 6.45) is 6.61. The van der Waals surface area contributed by atoms with Gasteiger partial charge in [0.1, 0.15) is 5.75 Å². The van der Waals surface area contributed by atoms with Crippen molar-refractivity contribution < 1.29 is 28.8 Å². The second-order valence-electron chi connectivity index (χ2n) is 7.30. The van der Waals surface area contributed by atoms with Crippen LogP contribution in [0.4, 0.5) is 11.4 Å². The molecule has 1 aromatic carbocycles. The van der Waals surface area contributed by atoms with Gasteiger partial charge in [0.05, 0.1) is 17.9 Å². The number of nitrogen functional groups attached to an aromatic ring is 1. The molecule has 0 spiro atoms. The maximum absolute atomic E-state index is 10.7. The molecule has 9 nitrogen and oxygen atoms in total. The lowest BCUT2D eigenvalue weighted by Crippen LogP contribution is -2.25. The van der Waals surface area contributed by atoms with Crippen molar-refractivity contribution in [2.45, 2.75) is 53.1 Å². The molecule has 0 amide bonds. The van der Waals surface area contributed by atoms with E-state index >= 15 is 0 Å². The van der Waals surface area contributed by atoms with E-state index in [-0.39, 0.29) is 22.6 Å². The zero-order chi connectivity index (χ0) is 24.1. The Balaban J connectivity index is 0.000000320. The summed E-state index contributed by atoms with van der Waals surface area (Å²) < 4.78 is 14.7. The first-order valence-electron chi connectivity index (χ1n) is 10.6. The molecule has 0 aliphatic heterocycles. The third kappa shape index (κ3) is 9.78. The summed E-state index contributed by atoms with van der Waals surface area (Å²) >= 11 is 0. The van der Waals surface area contributed by atoms with Gasteiger partial charge in [0.2, 0.25) is 0 Å². The first kappa shape index (κ1) is 27.6. The molecule has 0 saturated heterocycles. The van der Waals surface area contributed by atoms with Gasteiger partial charge in [0, 0.05) is 36.2 Å². The second-order valence-corrected chi connectivity index (χ2v) is 8.54. The number of hydrogen-bond donors (Lipinski definition) is 4. The third-order valence-electron chi connectivity index (χ3n) is 4.69. The highest BCUT2D eigenvalue weighted by Gasteiger charge is 2.17. The SMILES string of the molecule is CCCCN(CCCC)c1ccc(N)cc1.Cc1ncc(COP(=O)(O)O)c(C=O)c1O. The molecule has 1 aromatic heterocycles. The Morgan fingerprint density at radius 3 is 2.16 bits per heavy atom. The van der Waals surface area contributed by atoms with Crippen molar-refractivity contribution in [2.75, 3.05) is 23.7 Å². The van der Waals surface area contributed by atoms with Crippen LogP contribution in [-0.2, 0) is 15.7 Å². The molecule has 2 aromatic rings. The Hall–Kier alpha value is -2.45. The minimum atomic E-state index is -4.61. The topological polar surface area (TPSA) is 146 Å². The van der Waals surface area contributed by atoms with E-state index in [0.29, 0.717) is 6.29 Å². The summed E-state index contributed by atoms with van der Waals surface area (Å²) in [5.41, 5.74) is 8.13. The van der Waals surface area contributed by atoms with Crippen LogP contribution < -0.4 is 10.6 Å². The van der Waals surface area contributed by atoms with Gasteiger partial charge in [-0.25, -0.2) is 4.57 Å². The molecule has 1 heterocycles. The third-order valence-corrected chi connectivity index (χ3v) is 5.15. The van der Waals surface area contributed by atoms with Crippen LogP contribution in [0.2, 0.25) is 0 Å². The van der Waals surface area contributed by atoms with Crippen LogP contribution in [0.25, 0.3) is 0 Å².